The molecular formula is C16H13ClO2. The van der Waals surface area contributed by atoms with Gasteiger partial charge in [-0.1, -0.05) is 35.9 Å². The number of benzene rings is 2. The summed E-state index contributed by atoms with van der Waals surface area (Å²) in [5, 5.41) is 0.545. The van der Waals surface area contributed by atoms with E-state index in [0.29, 0.717) is 28.9 Å². The summed E-state index contributed by atoms with van der Waals surface area (Å²) in [7, 11) is 0. The molecule has 2 aromatic carbocycles. The van der Waals surface area contributed by atoms with Crippen molar-refractivity contribution in [2.24, 2.45) is 0 Å². The van der Waals surface area contributed by atoms with E-state index in [4.69, 9.17) is 16.3 Å². The summed E-state index contributed by atoms with van der Waals surface area (Å²) in [6.07, 6.45) is 1.82. The van der Waals surface area contributed by atoms with Crippen LogP contribution in [0.5, 0.6) is 5.75 Å². The Morgan fingerprint density at radius 1 is 1.26 bits per heavy atom. The third-order valence-corrected chi connectivity index (χ3v) is 3.74. The number of hydrogen-bond donors (Lipinski definition) is 0. The van der Waals surface area contributed by atoms with E-state index in [0.717, 1.165) is 12.7 Å². The third kappa shape index (κ3) is 2.36. The zero-order chi connectivity index (χ0) is 13.2. The van der Waals surface area contributed by atoms with Gasteiger partial charge < -0.3 is 4.74 Å². The van der Waals surface area contributed by atoms with Crippen LogP contribution in [0.25, 0.3) is 0 Å². The Morgan fingerprint density at radius 2 is 2.11 bits per heavy atom. The number of carbonyl (C=O) groups is 1. The van der Waals surface area contributed by atoms with Crippen LogP contribution in [0, 0.1) is 0 Å². The molecule has 2 aromatic rings. The Morgan fingerprint density at radius 3 is 2.89 bits per heavy atom. The van der Waals surface area contributed by atoms with Crippen molar-refractivity contribution in [2.75, 3.05) is 6.61 Å². The highest BCUT2D eigenvalue weighted by atomic mass is 35.5. The molecule has 0 amide bonds. The van der Waals surface area contributed by atoms with Crippen LogP contribution in [0.2, 0.25) is 5.02 Å². The molecule has 0 fully saturated rings. The lowest BCUT2D eigenvalue weighted by Gasteiger charge is -2.30. The summed E-state index contributed by atoms with van der Waals surface area (Å²) >= 11 is 5.85. The third-order valence-electron chi connectivity index (χ3n) is 3.50. The van der Waals surface area contributed by atoms with Crippen LogP contribution < -0.4 is 4.74 Å². The molecule has 0 bridgehead atoms. The Labute approximate surface area is 117 Å². The van der Waals surface area contributed by atoms with Crippen LogP contribution in [0.15, 0.2) is 42.5 Å². The van der Waals surface area contributed by atoms with E-state index >= 15 is 0 Å². The first-order valence-corrected chi connectivity index (χ1v) is 6.61. The lowest BCUT2D eigenvalue weighted by molar-refractivity contribution is 0.111. The summed E-state index contributed by atoms with van der Waals surface area (Å²) in [5.74, 6) is 1.02. The maximum absolute atomic E-state index is 11.0. The fraction of sp³-hybridized carbons (Fsp3) is 0.188. The molecule has 3 rings (SSSR count). The second-order valence-electron chi connectivity index (χ2n) is 4.71. The van der Waals surface area contributed by atoms with Crippen molar-refractivity contribution in [3.05, 3.63) is 64.2 Å². The van der Waals surface area contributed by atoms with Gasteiger partial charge in [0.1, 0.15) is 5.75 Å². The molecule has 1 aliphatic carbocycles. The van der Waals surface area contributed by atoms with Crippen molar-refractivity contribution in [3.63, 3.8) is 0 Å². The molecule has 3 heteroatoms. The monoisotopic (exact) mass is 272 g/mol. The fourth-order valence-electron chi connectivity index (χ4n) is 2.44. The number of fused-ring (bicyclic) bond motifs is 1. The van der Waals surface area contributed by atoms with Gasteiger partial charge in [0.2, 0.25) is 0 Å². The van der Waals surface area contributed by atoms with Crippen LogP contribution in [0.3, 0.4) is 0 Å². The molecule has 1 unspecified atom stereocenters. The molecule has 0 aromatic heterocycles. The molecular weight excluding hydrogens is 260 g/mol. The van der Waals surface area contributed by atoms with Crippen molar-refractivity contribution in [3.8, 4) is 5.75 Å². The molecule has 96 valence electrons. The predicted molar refractivity (Wildman–Crippen MR) is 75.2 cm³/mol. The normalized spacial score (nSPS) is 16.4. The maximum atomic E-state index is 11.0. The molecule has 0 spiro atoms. The van der Waals surface area contributed by atoms with Gasteiger partial charge in [-0.2, -0.15) is 0 Å². The van der Waals surface area contributed by atoms with Gasteiger partial charge in [0.15, 0.2) is 6.29 Å². The van der Waals surface area contributed by atoms with Crippen molar-refractivity contribution in [2.45, 2.75) is 12.3 Å². The van der Waals surface area contributed by atoms with Crippen molar-refractivity contribution in [1.29, 1.82) is 0 Å². The second-order valence-corrected chi connectivity index (χ2v) is 5.15. The molecule has 0 saturated carbocycles. The molecule has 2 nitrogen and oxygen atoms in total. The minimum atomic E-state index is 0.423. The topological polar surface area (TPSA) is 26.3 Å². The van der Waals surface area contributed by atoms with E-state index in [2.05, 4.69) is 18.2 Å². The molecule has 0 radical (unpaired) electrons. The average molecular weight is 273 g/mol. The molecule has 0 aliphatic heterocycles. The minimum Gasteiger partial charge on any atom is -0.492 e. The van der Waals surface area contributed by atoms with Crippen LogP contribution in [-0.2, 0) is 6.42 Å². The minimum absolute atomic E-state index is 0.423. The maximum Gasteiger partial charge on any atom is 0.153 e. The molecule has 0 heterocycles. The first kappa shape index (κ1) is 12.2. The number of aldehydes is 1. The quantitative estimate of drug-likeness (QED) is 0.790. The predicted octanol–water partition coefficient (Wildman–Crippen LogP) is 3.87. The van der Waals surface area contributed by atoms with Crippen LogP contribution in [-0.4, -0.2) is 12.9 Å². The zero-order valence-electron chi connectivity index (χ0n) is 10.3. The van der Waals surface area contributed by atoms with Crippen molar-refractivity contribution < 1.29 is 9.53 Å². The summed E-state index contributed by atoms with van der Waals surface area (Å²) in [6, 6.07) is 13.5. The van der Waals surface area contributed by atoms with Gasteiger partial charge in [-0.25, -0.2) is 0 Å². The van der Waals surface area contributed by atoms with E-state index in [1.807, 2.05) is 6.07 Å². The van der Waals surface area contributed by atoms with Crippen LogP contribution in [0.1, 0.15) is 27.4 Å². The van der Waals surface area contributed by atoms with Crippen LogP contribution in [0.4, 0.5) is 0 Å². The highest BCUT2D eigenvalue weighted by Gasteiger charge is 2.26. The average Bonchev–Trinajstić information content (AvgIpc) is 2.41. The molecule has 19 heavy (non-hydrogen) atoms. The number of hydrogen-bond acceptors (Lipinski definition) is 2. The largest absolute Gasteiger partial charge is 0.492 e. The number of halogens is 1. The van der Waals surface area contributed by atoms with E-state index < -0.39 is 0 Å². The van der Waals surface area contributed by atoms with Gasteiger partial charge in [0, 0.05) is 10.9 Å². The summed E-state index contributed by atoms with van der Waals surface area (Å²) in [5.41, 5.74) is 3.24. The van der Waals surface area contributed by atoms with Crippen molar-refractivity contribution >= 4 is 17.9 Å². The van der Waals surface area contributed by atoms with Gasteiger partial charge >= 0.3 is 0 Å². The van der Waals surface area contributed by atoms with E-state index in [1.165, 1.54) is 11.1 Å². The smallest absolute Gasteiger partial charge is 0.153 e. The molecule has 0 saturated heterocycles. The summed E-state index contributed by atoms with van der Waals surface area (Å²) < 4.78 is 5.75. The lowest BCUT2D eigenvalue weighted by Crippen LogP contribution is -2.23. The zero-order valence-corrected chi connectivity index (χ0v) is 11.1. The highest BCUT2D eigenvalue weighted by molar-refractivity contribution is 6.30. The summed E-state index contributed by atoms with van der Waals surface area (Å²) in [4.78, 5) is 11.0. The van der Waals surface area contributed by atoms with E-state index in [-0.39, 0.29) is 0 Å². The molecule has 1 aliphatic rings. The standard InChI is InChI=1S/C16H13ClO2/c17-14-5-6-16(12(8-14)9-18)19-10-13-7-11-3-1-2-4-15(11)13/h1-6,8-9,13H,7,10H2. The number of rotatable bonds is 4. The van der Waals surface area contributed by atoms with E-state index in [1.54, 1.807) is 18.2 Å². The van der Waals surface area contributed by atoms with Crippen LogP contribution >= 0.6 is 11.6 Å². The van der Waals surface area contributed by atoms with Gasteiger partial charge in [-0.3, -0.25) is 4.79 Å². The molecule has 1 atom stereocenters. The fourth-order valence-corrected chi connectivity index (χ4v) is 2.63. The first-order chi connectivity index (χ1) is 9.28. The number of ether oxygens (including phenoxy) is 1. The van der Waals surface area contributed by atoms with Crippen molar-refractivity contribution in [1.82, 2.24) is 0 Å². The lowest BCUT2D eigenvalue weighted by atomic mass is 9.78. The Bertz CT molecular complexity index is 622. The van der Waals surface area contributed by atoms with E-state index in [9.17, 15) is 4.79 Å². The van der Waals surface area contributed by atoms with Gasteiger partial charge in [0.25, 0.3) is 0 Å². The SMILES string of the molecule is O=Cc1cc(Cl)ccc1OCC1Cc2ccccc21. The first-order valence-electron chi connectivity index (χ1n) is 6.23. The van der Waals surface area contributed by atoms with Gasteiger partial charge in [-0.05, 0) is 35.7 Å². The Kier molecular flexibility index (Phi) is 3.26. The Balaban J connectivity index is 1.70. The van der Waals surface area contributed by atoms with Gasteiger partial charge in [-0.15, -0.1) is 0 Å². The highest BCUT2D eigenvalue weighted by Crippen LogP contribution is 2.35. The summed E-state index contributed by atoms with van der Waals surface area (Å²) in [6.45, 7) is 0.597. The van der Waals surface area contributed by atoms with Gasteiger partial charge in [0.05, 0.1) is 12.2 Å². The second kappa shape index (κ2) is 5.06. The Hall–Kier alpha value is -1.80. The molecule has 0 N–H and O–H groups in total. The number of carbonyl (C=O) groups excluding carboxylic acids is 1.